The number of nitrogens with one attached hydrogen (secondary N) is 1. The van der Waals surface area contributed by atoms with E-state index in [4.69, 9.17) is 9.47 Å². The van der Waals surface area contributed by atoms with Gasteiger partial charge in [-0.1, -0.05) is 32.1 Å². The highest BCUT2D eigenvalue weighted by molar-refractivity contribution is 5.83. The number of anilines is 1. The number of amides is 2. The van der Waals surface area contributed by atoms with Gasteiger partial charge in [-0.25, -0.2) is 9.18 Å². The van der Waals surface area contributed by atoms with Gasteiger partial charge in [0, 0.05) is 43.3 Å². The summed E-state index contributed by atoms with van der Waals surface area (Å²) < 4.78 is 25.0. The topological polar surface area (TPSA) is 71.1 Å². The van der Waals surface area contributed by atoms with E-state index in [1.54, 1.807) is 11.0 Å². The highest BCUT2D eigenvalue weighted by Crippen LogP contribution is 2.56. The predicted octanol–water partition coefficient (Wildman–Crippen LogP) is 3.99. The average molecular weight is 488 g/mol. The van der Waals surface area contributed by atoms with Crippen molar-refractivity contribution in [2.45, 2.75) is 75.9 Å². The zero-order valence-corrected chi connectivity index (χ0v) is 20.8. The maximum Gasteiger partial charge on any atom is 0.408 e. The van der Waals surface area contributed by atoms with Gasteiger partial charge in [0.05, 0.1) is 13.2 Å². The molecular weight excluding hydrogens is 449 g/mol. The van der Waals surface area contributed by atoms with Crippen LogP contribution in [0.4, 0.5) is 14.9 Å². The fourth-order valence-corrected chi connectivity index (χ4v) is 6.14. The van der Waals surface area contributed by atoms with Gasteiger partial charge in [0.15, 0.2) is 6.10 Å². The molecule has 5 rings (SSSR count). The molecule has 1 N–H and O–H groups in total. The molecule has 35 heavy (non-hydrogen) atoms. The lowest BCUT2D eigenvalue weighted by atomic mass is 9.85. The number of ether oxygens (including phenoxy) is 2. The maximum absolute atomic E-state index is 13.9. The summed E-state index contributed by atoms with van der Waals surface area (Å²) in [6.07, 6.45) is 7.22. The number of rotatable bonds is 7. The molecule has 0 bridgehead atoms. The predicted molar refractivity (Wildman–Crippen MR) is 131 cm³/mol. The number of alkyl carbamates (subject to hydrolysis) is 1. The third-order valence-electron chi connectivity index (χ3n) is 8.20. The molecule has 0 aromatic heterocycles. The summed E-state index contributed by atoms with van der Waals surface area (Å²) >= 11 is 0. The van der Waals surface area contributed by atoms with E-state index < -0.39 is 12.2 Å². The summed E-state index contributed by atoms with van der Waals surface area (Å²) in [7, 11) is 0. The van der Waals surface area contributed by atoms with Gasteiger partial charge in [0.25, 0.3) is 5.91 Å². The quantitative estimate of drug-likeness (QED) is 0.630. The first-order chi connectivity index (χ1) is 16.9. The first-order valence-electron chi connectivity index (χ1n) is 13.3. The van der Waals surface area contributed by atoms with Gasteiger partial charge in [-0.15, -0.1) is 0 Å². The molecule has 1 saturated heterocycles. The fraction of sp³-hybridized carbons (Fsp3) is 0.704. The van der Waals surface area contributed by atoms with E-state index in [1.807, 2.05) is 13.0 Å². The van der Waals surface area contributed by atoms with E-state index in [9.17, 15) is 14.0 Å². The van der Waals surface area contributed by atoms with E-state index in [0.29, 0.717) is 45.2 Å². The number of hydrogen-bond acceptors (Lipinski definition) is 5. The van der Waals surface area contributed by atoms with Crippen LogP contribution in [0.1, 0.15) is 63.9 Å². The molecule has 8 heteroatoms. The van der Waals surface area contributed by atoms with Crippen molar-refractivity contribution in [3.8, 4) is 0 Å². The second-order valence-electron chi connectivity index (χ2n) is 10.9. The third-order valence-corrected chi connectivity index (χ3v) is 8.20. The van der Waals surface area contributed by atoms with Crippen LogP contribution in [-0.2, 0) is 19.7 Å². The smallest absolute Gasteiger partial charge is 0.408 e. The summed E-state index contributed by atoms with van der Waals surface area (Å²) in [5.41, 5.74) is 2.23. The lowest BCUT2D eigenvalue weighted by Crippen LogP contribution is -2.49. The third kappa shape index (κ3) is 5.57. The van der Waals surface area contributed by atoms with Crippen LogP contribution in [0.5, 0.6) is 0 Å². The Morgan fingerprint density at radius 2 is 1.94 bits per heavy atom. The number of hydrogen-bond donors (Lipinski definition) is 1. The summed E-state index contributed by atoms with van der Waals surface area (Å²) in [6, 6.07) is 4.85. The molecule has 0 radical (unpaired) electrons. The highest BCUT2D eigenvalue weighted by atomic mass is 19.1. The van der Waals surface area contributed by atoms with Crippen LogP contribution in [0.2, 0.25) is 0 Å². The molecule has 2 atom stereocenters. The Morgan fingerprint density at radius 1 is 1.20 bits per heavy atom. The van der Waals surface area contributed by atoms with Crippen LogP contribution >= 0.6 is 0 Å². The van der Waals surface area contributed by atoms with Crippen molar-refractivity contribution in [3.05, 3.63) is 29.6 Å². The molecule has 1 aromatic rings. The van der Waals surface area contributed by atoms with Gasteiger partial charge in [-0.3, -0.25) is 4.79 Å². The zero-order chi connectivity index (χ0) is 24.4. The van der Waals surface area contributed by atoms with Crippen molar-refractivity contribution in [2.75, 3.05) is 44.3 Å². The van der Waals surface area contributed by atoms with E-state index in [-0.39, 0.29) is 23.2 Å². The van der Waals surface area contributed by atoms with Crippen molar-refractivity contribution >= 4 is 17.7 Å². The maximum atomic E-state index is 13.9. The molecule has 2 heterocycles. The molecular formula is C27H38FN3O4. The Balaban J connectivity index is 1.19. The molecule has 1 unspecified atom stereocenters. The number of morpholine rings is 1. The van der Waals surface area contributed by atoms with Crippen molar-refractivity contribution < 1.29 is 23.5 Å². The number of benzene rings is 1. The summed E-state index contributed by atoms with van der Waals surface area (Å²) in [5, 5.41) is 2.95. The Kier molecular flexibility index (Phi) is 7.19. The van der Waals surface area contributed by atoms with Crippen molar-refractivity contribution in [1.82, 2.24) is 10.2 Å². The van der Waals surface area contributed by atoms with Gasteiger partial charge in [-0.05, 0) is 55.9 Å². The van der Waals surface area contributed by atoms with Gasteiger partial charge >= 0.3 is 6.09 Å². The number of carbonyl (C=O) groups excluding carboxylic acids is 2. The number of carbonyl (C=O) groups is 2. The Morgan fingerprint density at radius 3 is 2.66 bits per heavy atom. The standard InChI is InChI=1S/C27H38FN3O4/c1-19(17-31-18-27(9-10-27)22-16-21(28)7-8-23(22)31)29-26(33)35-24(15-20-5-3-2-4-6-20)25(32)30-11-13-34-14-12-30/h7-8,16,19-20,24H,2-6,9-15,17-18H2,1H3,(H,29,33)/t19-,24?/m0/s1. The first kappa shape index (κ1) is 24.3. The van der Waals surface area contributed by atoms with Crippen molar-refractivity contribution in [3.63, 3.8) is 0 Å². The van der Waals surface area contributed by atoms with Gasteiger partial charge in [0.2, 0.25) is 0 Å². The van der Waals surface area contributed by atoms with Crippen LogP contribution < -0.4 is 10.2 Å². The van der Waals surface area contributed by atoms with Gasteiger partial charge < -0.3 is 24.6 Å². The minimum atomic E-state index is -0.756. The van der Waals surface area contributed by atoms with Crippen molar-refractivity contribution in [2.24, 2.45) is 5.92 Å². The molecule has 7 nitrogen and oxygen atoms in total. The van der Waals surface area contributed by atoms with Crippen LogP contribution in [0.25, 0.3) is 0 Å². The number of nitrogens with zero attached hydrogens (tertiary/aromatic N) is 2. The zero-order valence-electron chi connectivity index (χ0n) is 20.8. The van der Waals surface area contributed by atoms with Crippen molar-refractivity contribution in [1.29, 1.82) is 0 Å². The summed E-state index contributed by atoms with van der Waals surface area (Å²) in [6.45, 7) is 5.53. The molecule has 1 aromatic carbocycles. The van der Waals surface area contributed by atoms with Crippen LogP contribution in [0, 0.1) is 11.7 Å². The minimum Gasteiger partial charge on any atom is -0.436 e. The van der Waals surface area contributed by atoms with E-state index >= 15 is 0 Å². The fourth-order valence-electron chi connectivity index (χ4n) is 6.14. The molecule has 192 valence electrons. The van der Waals surface area contributed by atoms with Gasteiger partial charge in [0.1, 0.15) is 5.82 Å². The Labute approximate surface area is 207 Å². The number of fused-ring (bicyclic) bond motifs is 2. The second-order valence-corrected chi connectivity index (χ2v) is 10.9. The van der Waals surface area contributed by atoms with Crippen LogP contribution in [0.15, 0.2) is 18.2 Å². The van der Waals surface area contributed by atoms with E-state index in [2.05, 4.69) is 10.2 Å². The van der Waals surface area contributed by atoms with Crippen LogP contribution in [0.3, 0.4) is 0 Å². The molecule has 2 amide bonds. The van der Waals surface area contributed by atoms with Gasteiger partial charge in [-0.2, -0.15) is 0 Å². The largest absolute Gasteiger partial charge is 0.436 e. The summed E-state index contributed by atoms with van der Waals surface area (Å²) in [4.78, 5) is 30.1. The minimum absolute atomic E-state index is 0.0767. The molecule has 1 spiro atoms. The molecule has 4 aliphatic rings. The second kappa shape index (κ2) is 10.3. The molecule has 2 aliphatic carbocycles. The number of halogens is 1. The lowest BCUT2D eigenvalue weighted by Gasteiger charge is -2.32. The van der Waals surface area contributed by atoms with E-state index in [0.717, 1.165) is 43.5 Å². The van der Waals surface area contributed by atoms with E-state index in [1.165, 1.54) is 25.3 Å². The normalized spacial score (nSPS) is 23.0. The highest BCUT2D eigenvalue weighted by Gasteiger charge is 2.51. The molecule has 2 aliphatic heterocycles. The average Bonchev–Trinajstić information content (AvgIpc) is 3.58. The van der Waals surface area contributed by atoms with Crippen LogP contribution in [-0.4, -0.2) is 68.4 Å². The molecule has 2 saturated carbocycles. The Hall–Kier alpha value is -2.35. The lowest BCUT2D eigenvalue weighted by molar-refractivity contribution is -0.145. The molecule has 3 fully saturated rings. The summed E-state index contributed by atoms with van der Waals surface area (Å²) in [5.74, 6) is 0.119. The first-order valence-corrected chi connectivity index (χ1v) is 13.3. The SMILES string of the molecule is C[C@@H](CN1CC2(CC2)c2cc(F)ccc21)NC(=O)OC(CC1CCCCC1)C(=O)N1CCOCC1. The Bertz CT molecular complexity index is 925. The monoisotopic (exact) mass is 487 g/mol.